The summed E-state index contributed by atoms with van der Waals surface area (Å²) >= 11 is 0. The van der Waals surface area contributed by atoms with E-state index in [1.807, 2.05) is 60.7 Å². The van der Waals surface area contributed by atoms with Crippen molar-refractivity contribution in [1.29, 1.82) is 0 Å². The number of imidazole rings is 1. The first kappa shape index (κ1) is 21.9. The molecule has 34 heavy (non-hydrogen) atoms. The number of hydrogen-bond acceptors (Lipinski definition) is 3. The van der Waals surface area contributed by atoms with Crippen molar-refractivity contribution < 1.29 is 9.59 Å². The first-order chi connectivity index (χ1) is 16.6. The molecule has 1 aliphatic carbocycles. The molecule has 0 spiro atoms. The Balaban J connectivity index is 1.30. The molecule has 2 atom stereocenters. The summed E-state index contributed by atoms with van der Waals surface area (Å²) in [6, 6.07) is 22.5. The molecule has 1 fully saturated rings. The molecule has 6 heteroatoms. The number of nitrogens with one attached hydrogen (secondary N) is 3. The van der Waals surface area contributed by atoms with E-state index in [-0.39, 0.29) is 17.9 Å². The van der Waals surface area contributed by atoms with Crippen molar-refractivity contribution in [3.05, 3.63) is 83.9 Å². The molecular weight excluding hydrogens is 424 g/mol. The Morgan fingerprint density at radius 3 is 2.38 bits per heavy atom. The Morgan fingerprint density at radius 1 is 0.882 bits per heavy atom. The summed E-state index contributed by atoms with van der Waals surface area (Å²) in [4.78, 5) is 33.3. The molecule has 4 aromatic rings. The molecular formula is C28H28N4O2. The van der Waals surface area contributed by atoms with Crippen molar-refractivity contribution in [3.8, 4) is 11.4 Å². The van der Waals surface area contributed by atoms with E-state index in [0.717, 1.165) is 23.2 Å². The van der Waals surface area contributed by atoms with E-state index < -0.39 is 0 Å². The lowest BCUT2D eigenvalue weighted by atomic mass is 9.86. The Hall–Kier alpha value is -3.93. The Bertz CT molecular complexity index is 1310. The monoisotopic (exact) mass is 452 g/mol. The topological polar surface area (TPSA) is 86.9 Å². The molecule has 1 saturated carbocycles. The number of nitrogens with zero attached hydrogens (tertiary/aromatic N) is 1. The minimum absolute atomic E-state index is 0.0241. The average molecular weight is 453 g/mol. The number of benzene rings is 3. The van der Waals surface area contributed by atoms with Crippen molar-refractivity contribution in [2.45, 2.75) is 38.6 Å². The van der Waals surface area contributed by atoms with Gasteiger partial charge in [0, 0.05) is 28.4 Å². The summed E-state index contributed by atoms with van der Waals surface area (Å²) in [5.74, 6) is 1.01. The second kappa shape index (κ2) is 9.51. The lowest BCUT2D eigenvalue weighted by molar-refractivity contribution is 0.0909. The highest BCUT2D eigenvalue weighted by atomic mass is 16.2. The van der Waals surface area contributed by atoms with Gasteiger partial charge in [0.05, 0.1) is 11.0 Å². The van der Waals surface area contributed by atoms with E-state index in [4.69, 9.17) is 0 Å². The molecule has 3 aromatic carbocycles. The maximum Gasteiger partial charge on any atom is 0.255 e. The van der Waals surface area contributed by atoms with Crippen LogP contribution in [0.25, 0.3) is 22.4 Å². The number of carbonyl (C=O) groups excluding carboxylic acids is 2. The standard InChI is InChI=1S/C28H28N4O2/c1-18-7-5-6-10-23(18)32-27(33)20-13-11-19(12-14-20)26-30-24-16-15-21(17-25(24)31-26)28(34)29-22-8-3-2-4-9-22/h2-4,8-9,11-18,23H,5-7,10H2,1H3,(H,29,34)(H,30,31)(H,32,33). The fourth-order valence-corrected chi connectivity index (χ4v) is 4.57. The number of anilines is 1. The number of aromatic nitrogens is 2. The van der Waals surface area contributed by atoms with Crippen LogP contribution in [0.2, 0.25) is 0 Å². The van der Waals surface area contributed by atoms with E-state index in [2.05, 4.69) is 27.5 Å². The highest BCUT2D eigenvalue weighted by Gasteiger charge is 2.23. The van der Waals surface area contributed by atoms with E-state index >= 15 is 0 Å². The van der Waals surface area contributed by atoms with Gasteiger partial charge in [-0.15, -0.1) is 0 Å². The molecule has 1 aliphatic rings. The van der Waals surface area contributed by atoms with Gasteiger partial charge < -0.3 is 15.6 Å². The van der Waals surface area contributed by atoms with Gasteiger partial charge >= 0.3 is 0 Å². The van der Waals surface area contributed by atoms with E-state index in [1.165, 1.54) is 19.3 Å². The largest absolute Gasteiger partial charge is 0.349 e. The molecule has 1 heterocycles. The van der Waals surface area contributed by atoms with Crippen LogP contribution in [0.4, 0.5) is 5.69 Å². The highest BCUT2D eigenvalue weighted by Crippen LogP contribution is 2.25. The Labute approximate surface area is 198 Å². The normalized spacial score (nSPS) is 17.9. The van der Waals surface area contributed by atoms with Gasteiger partial charge in [-0.25, -0.2) is 4.98 Å². The third-order valence-corrected chi connectivity index (χ3v) is 6.63. The third-order valence-electron chi connectivity index (χ3n) is 6.63. The van der Waals surface area contributed by atoms with Crippen LogP contribution < -0.4 is 10.6 Å². The van der Waals surface area contributed by atoms with Crippen molar-refractivity contribution in [2.75, 3.05) is 5.32 Å². The second-order valence-corrected chi connectivity index (χ2v) is 9.06. The molecule has 0 saturated heterocycles. The smallest absolute Gasteiger partial charge is 0.255 e. The zero-order valence-electron chi connectivity index (χ0n) is 19.2. The van der Waals surface area contributed by atoms with Crippen LogP contribution in [0, 0.1) is 5.92 Å². The number of amides is 2. The summed E-state index contributed by atoms with van der Waals surface area (Å²) < 4.78 is 0. The zero-order chi connectivity index (χ0) is 23.5. The molecule has 5 rings (SSSR count). The van der Waals surface area contributed by atoms with Gasteiger partial charge in [-0.3, -0.25) is 9.59 Å². The Kier molecular flexibility index (Phi) is 6.12. The van der Waals surface area contributed by atoms with Crippen molar-refractivity contribution in [1.82, 2.24) is 15.3 Å². The minimum Gasteiger partial charge on any atom is -0.349 e. The van der Waals surface area contributed by atoms with Crippen LogP contribution in [-0.4, -0.2) is 27.8 Å². The first-order valence-electron chi connectivity index (χ1n) is 11.8. The van der Waals surface area contributed by atoms with Gasteiger partial charge in [-0.1, -0.05) is 50.1 Å². The predicted molar refractivity (Wildman–Crippen MR) is 135 cm³/mol. The van der Waals surface area contributed by atoms with Crippen LogP contribution in [-0.2, 0) is 0 Å². The van der Waals surface area contributed by atoms with Crippen LogP contribution in [0.1, 0.15) is 53.3 Å². The van der Waals surface area contributed by atoms with Gasteiger partial charge in [0.25, 0.3) is 11.8 Å². The fourth-order valence-electron chi connectivity index (χ4n) is 4.57. The third kappa shape index (κ3) is 4.71. The van der Waals surface area contributed by atoms with Crippen LogP contribution in [0.15, 0.2) is 72.8 Å². The van der Waals surface area contributed by atoms with Crippen LogP contribution >= 0.6 is 0 Å². The van der Waals surface area contributed by atoms with E-state index in [9.17, 15) is 9.59 Å². The van der Waals surface area contributed by atoms with Crippen LogP contribution in [0.5, 0.6) is 0 Å². The number of hydrogen-bond donors (Lipinski definition) is 3. The first-order valence-corrected chi connectivity index (χ1v) is 11.8. The van der Waals surface area contributed by atoms with Gasteiger partial charge in [-0.05, 0) is 61.2 Å². The summed E-state index contributed by atoms with van der Waals surface area (Å²) in [6.45, 7) is 2.21. The number of fused-ring (bicyclic) bond motifs is 1. The number of aromatic amines is 1. The minimum atomic E-state index is -0.180. The molecule has 172 valence electrons. The van der Waals surface area contributed by atoms with Gasteiger partial charge in [0.2, 0.25) is 0 Å². The van der Waals surface area contributed by atoms with Gasteiger partial charge in [0.1, 0.15) is 5.82 Å². The molecule has 6 nitrogen and oxygen atoms in total. The number of para-hydroxylation sites is 1. The van der Waals surface area contributed by atoms with Crippen molar-refractivity contribution >= 4 is 28.5 Å². The molecule has 1 aromatic heterocycles. The SMILES string of the molecule is CC1CCCCC1NC(=O)c1ccc(-c2nc3cc(C(=O)Nc4ccccc4)ccc3[nH]2)cc1. The molecule has 0 bridgehead atoms. The predicted octanol–water partition coefficient (Wildman–Crippen LogP) is 5.79. The van der Waals surface area contributed by atoms with Gasteiger partial charge in [-0.2, -0.15) is 0 Å². The maximum atomic E-state index is 12.7. The van der Waals surface area contributed by atoms with E-state index in [0.29, 0.717) is 28.4 Å². The van der Waals surface area contributed by atoms with Gasteiger partial charge in [0.15, 0.2) is 0 Å². The molecule has 2 unspecified atom stereocenters. The molecule has 0 radical (unpaired) electrons. The van der Waals surface area contributed by atoms with Crippen LogP contribution in [0.3, 0.4) is 0 Å². The summed E-state index contributed by atoms with van der Waals surface area (Å²) in [6.07, 6.45) is 4.65. The zero-order valence-corrected chi connectivity index (χ0v) is 19.2. The van der Waals surface area contributed by atoms with Crippen molar-refractivity contribution in [2.24, 2.45) is 5.92 Å². The van der Waals surface area contributed by atoms with Crippen molar-refractivity contribution in [3.63, 3.8) is 0 Å². The van der Waals surface area contributed by atoms with E-state index in [1.54, 1.807) is 12.1 Å². The lowest BCUT2D eigenvalue weighted by Crippen LogP contribution is -2.41. The summed E-state index contributed by atoms with van der Waals surface area (Å²) in [5.41, 5.74) is 4.38. The number of rotatable bonds is 5. The lowest BCUT2D eigenvalue weighted by Gasteiger charge is -2.29. The number of carbonyl (C=O) groups is 2. The Morgan fingerprint density at radius 2 is 1.62 bits per heavy atom. The molecule has 0 aliphatic heterocycles. The maximum absolute atomic E-state index is 12.7. The summed E-state index contributed by atoms with van der Waals surface area (Å²) in [5, 5.41) is 6.09. The molecule has 2 amide bonds. The quantitative estimate of drug-likeness (QED) is 0.358. The highest BCUT2D eigenvalue weighted by molar-refractivity contribution is 6.06. The summed E-state index contributed by atoms with van der Waals surface area (Å²) in [7, 11) is 0. The average Bonchev–Trinajstić information content (AvgIpc) is 3.30. The molecule has 3 N–H and O–H groups in total. The second-order valence-electron chi connectivity index (χ2n) is 9.06. The number of H-pyrrole nitrogens is 1. The fraction of sp³-hybridized carbons (Fsp3) is 0.250.